The Balaban J connectivity index is 1.62. The van der Waals surface area contributed by atoms with Crippen molar-refractivity contribution in [1.29, 1.82) is 0 Å². The fourth-order valence-electron chi connectivity index (χ4n) is 3.41. The second-order valence-corrected chi connectivity index (χ2v) is 7.74. The summed E-state index contributed by atoms with van der Waals surface area (Å²) in [6, 6.07) is 13.8. The minimum Gasteiger partial charge on any atom is -0.493 e. The number of ether oxygens (including phenoxy) is 2. The number of carbonyl (C=O) groups is 1. The molecule has 1 N–H and O–H groups in total. The van der Waals surface area contributed by atoms with E-state index < -0.39 is 0 Å². The van der Waals surface area contributed by atoms with Crippen LogP contribution in [-0.4, -0.2) is 43.2 Å². The number of benzene rings is 2. The molecule has 5 nitrogen and oxygen atoms in total. The highest BCUT2D eigenvalue weighted by molar-refractivity contribution is 6.32. The zero-order valence-corrected chi connectivity index (χ0v) is 17.3. The summed E-state index contributed by atoms with van der Waals surface area (Å²) in [6.45, 7) is 6.52. The van der Waals surface area contributed by atoms with Crippen LogP contribution < -0.4 is 14.8 Å². The Morgan fingerprint density at radius 1 is 1.29 bits per heavy atom. The van der Waals surface area contributed by atoms with Gasteiger partial charge in [0, 0.05) is 31.2 Å². The van der Waals surface area contributed by atoms with Crippen LogP contribution in [0.3, 0.4) is 0 Å². The Bertz CT molecular complexity index is 811. The first-order chi connectivity index (χ1) is 13.5. The second kappa shape index (κ2) is 9.30. The molecule has 1 fully saturated rings. The topological polar surface area (TPSA) is 50.8 Å². The molecule has 0 aliphatic carbocycles. The van der Waals surface area contributed by atoms with Crippen LogP contribution in [0.25, 0.3) is 0 Å². The summed E-state index contributed by atoms with van der Waals surface area (Å²) in [4.78, 5) is 15.1. The SMILES string of the molecule is COc1cc(C(=O)N[C@H]2CCN(Cc3ccccc3)C2)cc(Cl)c1OC(C)C. The number of hydrogen-bond donors (Lipinski definition) is 1. The van der Waals surface area contributed by atoms with Crippen LogP contribution in [0, 0.1) is 0 Å². The van der Waals surface area contributed by atoms with Gasteiger partial charge in [0.2, 0.25) is 0 Å². The third kappa shape index (κ3) is 5.18. The Morgan fingerprint density at radius 3 is 2.71 bits per heavy atom. The van der Waals surface area contributed by atoms with E-state index in [2.05, 4.69) is 34.5 Å². The molecule has 0 spiro atoms. The summed E-state index contributed by atoms with van der Waals surface area (Å²) in [5.74, 6) is 0.775. The zero-order valence-electron chi connectivity index (χ0n) is 16.6. The third-order valence-electron chi connectivity index (χ3n) is 4.70. The van der Waals surface area contributed by atoms with Crippen molar-refractivity contribution >= 4 is 17.5 Å². The Morgan fingerprint density at radius 2 is 2.04 bits per heavy atom. The number of amides is 1. The van der Waals surface area contributed by atoms with E-state index in [0.717, 1.165) is 26.1 Å². The van der Waals surface area contributed by atoms with Gasteiger partial charge in [-0.2, -0.15) is 0 Å². The van der Waals surface area contributed by atoms with E-state index in [0.29, 0.717) is 22.1 Å². The van der Waals surface area contributed by atoms with Gasteiger partial charge in [0.15, 0.2) is 11.5 Å². The monoisotopic (exact) mass is 402 g/mol. The van der Waals surface area contributed by atoms with Gasteiger partial charge in [-0.05, 0) is 38.0 Å². The maximum Gasteiger partial charge on any atom is 0.251 e. The Labute approximate surface area is 171 Å². The van der Waals surface area contributed by atoms with E-state index in [9.17, 15) is 4.79 Å². The second-order valence-electron chi connectivity index (χ2n) is 7.34. The average molecular weight is 403 g/mol. The predicted octanol–water partition coefficient (Wildman–Crippen LogP) is 4.14. The van der Waals surface area contributed by atoms with Gasteiger partial charge in [0.1, 0.15) is 0 Å². The lowest BCUT2D eigenvalue weighted by Crippen LogP contribution is -2.37. The molecule has 0 radical (unpaired) electrons. The highest BCUT2D eigenvalue weighted by Gasteiger charge is 2.25. The number of likely N-dealkylation sites (tertiary alicyclic amines) is 1. The Hall–Kier alpha value is -2.24. The quantitative estimate of drug-likeness (QED) is 0.756. The predicted molar refractivity (Wildman–Crippen MR) is 111 cm³/mol. The van der Waals surface area contributed by atoms with Gasteiger partial charge in [-0.1, -0.05) is 41.9 Å². The molecule has 0 saturated carbocycles. The van der Waals surface area contributed by atoms with Gasteiger partial charge in [-0.25, -0.2) is 0 Å². The molecule has 1 heterocycles. The van der Waals surface area contributed by atoms with Crippen LogP contribution in [0.2, 0.25) is 5.02 Å². The zero-order chi connectivity index (χ0) is 20.1. The van der Waals surface area contributed by atoms with Crippen LogP contribution in [0.1, 0.15) is 36.2 Å². The van der Waals surface area contributed by atoms with Crippen LogP contribution in [-0.2, 0) is 6.54 Å². The maximum absolute atomic E-state index is 12.7. The van der Waals surface area contributed by atoms with Crippen LogP contribution in [0.4, 0.5) is 0 Å². The average Bonchev–Trinajstić information content (AvgIpc) is 3.10. The molecule has 1 atom stereocenters. The fourth-order valence-corrected chi connectivity index (χ4v) is 3.66. The largest absolute Gasteiger partial charge is 0.493 e. The van der Waals surface area contributed by atoms with E-state index in [1.54, 1.807) is 19.2 Å². The smallest absolute Gasteiger partial charge is 0.251 e. The highest BCUT2D eigenvalue weighted by Crippen LogP contribution is 2.37. The first-order valence-corrected chi connectivity index (χ1v) is 9.95. The van der Waals surface area contributed by atoms with Gasteiger partial charge >= 0.3 is 0 Å². The molecule has 1 amide bonds. The highest BCUT2D eigenvalue weighted by atomic mass is 35.5. The molecular weight excluding hydrogens is 376 g/mol. The van der Waals surface area contributed by atoms with Gasteiger partial charge in [0.25, 0.3) is 5.91 Å². The molecule has 0 unspecified atom stereocenters. The van der Waals surface area contributed by atoms with Gasteiger partial charge in [-0.3, -0.25) is 9.69 Å². The molecular formula is C22H27ClN2O3. The van der Waals surface area contributed by atoms with Crippen molar-refractivity contribution in [3.05, 3.63) is 58.6 Å². The van der Waals surface area contributed by atoms with E-state index in [4.69, 9.17) is 21.1 Å². The number of halogens is 1. The summed E-state index contributed by atoms with van der Waals surface area (Å²) in [5.41, 5.74) is 1.76. The number of nitrogens with one attached hydrogen (secondary N) is 1. The molecule has 0 aromatic heterocycles. The number of rotatable bonds is 7. The van der Waals surface area contributed by atoms with Crippen molar-refractivity contribution in [3.8, 4) is 11.5 Å². The molecule has 2 aromatic carbocycles. The standard InChI is InChI=1S/C22H27ClN2O3/c1-15(2)28-21-19(23)11-17(12-20(21)27-3)22(26)24-18-9-10-25(14-18)13-16-7-5-4-6-8-16/h4-8,11-12,15,18H,9-10,13-14H2,1-3H3,(H,24,26)/t18-/m0/s1. The molecule has 1 saturated heterocycles. The van der Waals surface area contributed by atoms with Crippen molar-refractivity contribution in [2.75, 3.05) is 20.2 Å². The molecule has 28 heavy (non-hydrogen) atoms. The third-order valence-corrected chi connectivity index (χ3v) is 4.98. The van der Waals surface area contributed by atoms with Crippen LogP contribution in [0.15, 0.2) is 42.5 Å². The number of carbonyl (C=O) groups excluding carboxylic acids is 1. The van der Waals surface area contributed by atoms with Crippen LogP contribution >= 0.6 is 11.6 Å². The summed E-state index contributed by atoms with van der Waals surface area (Å²) in [7, 11) is 1.54. The van der Waals surface area contributed by atoms with Crippen molar-refractivity contribution in [1.82, 2.24) is 10.2 Å². The molecule has 6 heteroatoms. The molecule has 3 rings (SSSR count). The normalized spacial score (nSPS) is 17.0. The van der Waals surface area contributed by atoms with Crippen molar-refractivity contribution in [3.63, 3.8) is 0 Å². The van der Waals surface area contributed by atoms with Gasteiger partial charge < -0.3 is 14.8 Å². The van der Waals surface area contributed by atoms with Gasteiger partial charge in [-0.15, -0.1) is 0 Å². The fraction of sp³-hybridized carbons (Fsp3) is 0.409. The molecule has 0 bridgehead atoms. The summed E-state index contributed by atoms with van der Waals surface area (Å²) in [5, 5.41) is 3.48. The number of methoxy groups -OCH3 is 1. The van der Waals surface area contributed by atoms with Crippen molar-refractivity contribution < 1.29 is 14.3 Å². The summed E-state index contributed by atoms with van der Waals surface area (Å²) >= 11 is 6.34. The van der Waals surface area contributed by atoms with Crippen molar-refractivity contribution in [2.45, 2.75) is 39.0 Å². The lowest BCUT2D eigenvalue weighted by molar-refractivity contribution is 0.0937. The first-order valence-electron chi connectivity index (χ1n) is 9.57. The molecule has 1 aliphatic heterocycles. The van der Waals surface area contributed by atoms with E-state index in [1.807, 2.05) is 19.9 Å². The van der Waals surface area contributed by atoms with E-state index >= 15 is 0 Å². The van der Waals surface area contributed by atoms with E-state index in [1.165, 1.54) is 5.56 Å². The number of hydrogen-bond acceptors (Lipinski definition) is 4. The van der Waals surface area contributed by atoms with Crippen LogP contribution in [0.5, 0.6) is 11.5 Å². The minimum absolute atomic E-state index is 0.0415. The number of nitrogens with zero attached hydrogens (tertiary/aromatic N) is 1. The Kier molecular flexibility index (Phi) is 6.81. The van der Waals surface area contributed by atoms with E-state index in [-0.39, 0.29) is 18.1 Å². The van der Waals surface area contributed by atoms with Gasteiger partial charge in [0.05, 0.1) is 18.2 Å². The summed E-state index contributed by atoms with van der Waals surface area (Å²) in [6.07, 6.45) is 0.887. The molecule has 150 valence electrons. The summed E-state index contributed by atoms with van der Waals surface area (Å²) < 4.78 is 11.1. The lowest BCUT2D eigenvalue weighted by Gasteiger charge is -2.18. The van der Waals surface area contributed by atoms with Crippen molar-refractivity contribution in [2.24, 2.45) is 0 Å². The molecule has 2 aromatic rings. The minimum atomic E-state index is -0.150. The first kappa shape index (κ1) is 20.5. The molecule has 1 aliphatic rings. The lowest BCUT2D eigenvalue weighted by atomic mass is 10.1. The maximum atomic E-state index is 12.7.